The summed E-state index contributed by atoms with van der Waals surface area (Å²) in [7, 11) is 1.95. The molecule has 0 saturated carbocycles. The van der Waals surface area contributed by atoms with Crippen molar-refractivity contribution >= 4 is 26.9 Å². The summed E-state index contributed by atoms with van der Waals surface area (Å²) in [6.45, 7) is 2.10. The fourth-order valence-electron chi connectivity index (χ4n) is 2.49. The van der Waals surface area contributed by atoms with Gasteiger partial charge in [-0.2, -0.15) is 5.10 Å². The van der Waals surface area contributed by atoms with E-state index in [4.69, 9.17) is 10.2 Å². The van der Waals surface area contributed by atoms with E-state index in [0.717, 1.165) is 39.0 Å². The van der Waals surface area contributed by atoms with Crippen molar-refractivity contribution in [3.63, 3.8) is 0 Å². The van der Waals surface area contributed by atoms with Gasteiger partial charge in [-0.3, -0.25) is 4.68 Å². The Kier molecular flexibility index (Phi) is 3.87. The topological polar surface area (TPSA) is 57.0 Å². The van der Waals surface area contributed by atoms with Crippen LogP contribution >= 0.6 is 15.9 Å². The molecule has 2 N–H and O–H groups in total. The highest BCUT2D eigenvalue weighted by Gasteiger charge is 2.16. The minimum absolute atomic E-state index is 0.176. The molecule has 1 atom stereocenters. The van der Waals surface area contributed by atoms with Crippen molar-refractivity contribution in [2.45, 2.75) is 25.8 Å². The van der Waals surface area contributed by atoms with Crippen molar-refractivity contribution < 1.29 is 4.42 Å². The van der Waals surface area contributed by atoms with Gasteiger partial charge in [0.15, 0.2) is 0 Å². The van der Waals surface area contributed by atoms with Gasteiger partial charge in [0, 0.05) is 24.5 Å². The fraction of sp³-hybridized carbons (Fsp3) is 0.312. The first kappa shape index (κ1) is 14.4. The first-order valence-corrected chi connectivity index (χ1v) is 7.83. The molecule has 5 heteroatoms. The molecule has 0 bridgehead atoms. The summed E-state index contributed by atoms with van der Waals surface area (Å²) in [5.74, 6) is 0.802. The first-order chi connectivity index (χ1) is 10.1. The lowest BCUT2D eigenvalue weighted by atomic mass is 10.1. The molecule has 2 aromatic heterocycles. The molecule has 1 unspecified atom stereocenters. The number of benzene rings is 1. The first-order valence-electron chi connectivity index (χ1n) is 7.03. The highest BCUT2D eigenvalue weighted by atomic mass is 79.9. The van der Waals surface area contributed by atoms with E-state index in [0.29, 0.717) is 6.42 Å². The molecule has 0 amide bonds. The van der Waals surface area contributed by atoms with Crippen LogP contribution in [0.3, 0.4) is 0 Å². The maximum Gasteiger partial charge on any atom is 0.148 e. The zero-order chi connectivity index (χ0) is 15.0. The van der Waals surface area contributed by atoms with E-state index in [1.54, 1.807) is 0 Å². The molecule has 4 nitrogen and oxygen atoms in total. The molecule has 0 aliphatic heterocycles. The van der Waals surface area contributed by atoms with Crippen LogP contribution in [0.15, 0.2) is 39.2 Å². The van der Waals surface area contributed by atoms with Gasteiger partial charge in [0.25, 0.3) is 0 Å². The molecule has 0 aliphatic rings. The predicted octanol–water partition coefficient (Wildman–Crippen LogP) is 3.73. The van der Waals surface area contributed by atoms with Crippen molar-refractivity contribution in [2.24, 2.45) is 12.8 Å². The van der Waals surface area contributed by atoms with E-state index in [1.165, 1.54) is 0 Å². The number of fused-ring (bicyclic) bond motifs is 1. The average molecular weight is 348 g/mol. The van der Waals surface area contributed by atoms with Crippen molar-refractivity contribution in [1.82, 2.24) is 9.78 Å². The monoisotopic (exact) mass is 347 g/mol. The molecular weight excluding hydrogens is 330 g/mol. The van der Waals surface area contributed by atoms with E-state index in [-0.39, 0.29) is 6.04 Å². The molecule has 1 aromatic carbocycles. The highest BCUT2D eigenvalue weighted by molar-refractivity contribution is 9.10. The number of furan rings is 1. The number of nitrogens with two attached hydrogens (primary N) is 1. The molecule has 0 saturated heterocycles. The van der Waals surface area contributed by atoms with Gasteiger partial charge in [0.05, 0.1) is 16.2 Å². The zero-order valence-electron chi connectivity index (χ0n) is 12.1. The van der Waals surface area contributed by atoms with Crippen molar-refractivity contribution in [2.75, 3.05) is 0 Å². The number of hydrogen-bond donors (Lipinski definition) is 1. The largest absolute Gasteiger partial charge is 0.458 e. The van der Waals surface area contributed by atoms with Gasteiger partial charge >= 0.3 is 0 Å². The molecule has 2 heterocycles. The van der Waals surface area contributed by atoms with Gasteiger partial charge in [0.1, 0.15) is 11.3 Å². The second-order valence-electron chi connectivity index (χ2n) is 5.22. The third kappa shape index (κ3) is 2.76. The smallest absolute Gasteiger partial charge is 0.148 e. The van der Waals surface area contributed by atoms with E-state index in [2.05, 4.69) is 34.0 Å². The lowest BCUT2D eigenvalue weighted by molar-refractivity contribution is 0.485. The minimum atomic E-state index is -0.176. The molecular formula is C16H18BrN3O. The van der Waals surface area contributed by atoms with Crippen LogP contribution in [0.2, 0.25) is 0 Å². The maximum absolute atomic E-state index is 6.31. The van der Waals surface area contributed by atoms with Crippen molar-refractivity contribution in [3.8, 4) is 0 Å². The SMILES string of the molecule is CCc1cc(CC(N)c2cc3cccc(Br)c3o2)n(C)n1. The summed E-state index contributed by atoms with van der Waals surface area (Å²) in [6, 6.07) is 9.94. The fourth-order valence-corrected chi connectivity index (χ4v) is 2.95. The Morgan fingerprint density at radius 2 is 2.19 bits per heavy atom. The Balaban J connectivity index is 1.87. The molecule has 0 spiro atoms. The van der Waals surface area contributed by atoms with Gasteiger partial charge in [0.2, 0.25) is 0 Å². The maximum atomic E-state index is 6.31. The highest BCUT2D eigenvalue weighted by Crippen LogP contribution is 2.30. The van der Waals surface area contributed by atoms with Crippen molar-refractivity contribution in [3.05, 3.63) is 52.0 Å². The summed E-state index contributed by atoms with van der Waals surface area (Å²) in [6.07, 6.45) is 1.64. The molecule has 0 aliphatic carbocycles. The molecule has 21 heavy (non-hydrogen) atoms. The van der Waals surface area contributed by atoms with Gasteiger partial charge < -0.3 is 10.2 Å². The number of halogens is 1. The normalized spacial score (nSPS) is 13.0. The molecule has 3 aromatic rings. The average Bonchev–Trinajstić information content (AvgIpc) is 3.04. The van der Waals surface area contributed by atoms with Crippen LogP contribution in [0.5, 0.6) is 0 Å². The van der Waals surface area contributed by atoms with Gasteiger partial charge in [-0.25, -0.2) is 0 Å². The lowest BCUT2D eigenvalue weighted by Gasteiger charge is -2.08. The second kappa shape index (κ2) is 5.66. The molecule has 110 valence electrons. The molecule has 0 fully saturated rings. The second-order valence-corrected chi connectivity index (χ2v) is 6.08. The number of hydrogen-bond acceptors (Lipinski definition) is 3. The molecule has 3 rings (SSSR count). The number of nitrogens with zero attached hydrogens (tertiary/aromatic N) is 2. The zero-order valence-corrected chi connectivity index (χ0v) is 13.7. The Morgan fingerprint density at radius 3 is 2.86 bits per heavy atom. The van der Waals surface area contributed by atoms with E-state index >= 15 is 0 Å². The van der Waals surface area contributed by atoms with Crippen LogP contribution in [-0.2, 0) is 19.9 Å². The summed E-state index contributed by atoms with van der Waals surface area (Å²) in [5.41, 5.74) is 9.37. The number of para-hydroxylation sites is 1. The third-order valence-electron chi connectivity index (χ3n) is 3.70. The van der Waals surface area contributed by atoms with Gasteiger partial charge in [-0.05, 0) is 40.5 Å². The summed E-state index contributed by atoms with van der Waals surface area (Å²) < 4.78 is 8.76. The summed E-state index contributed by atoms with van der Waals surface area (Å²) in [5, 5.41) is 5.52. The van der Waals surface area contributed by atoms with Crippen LogP contribution in [0.1, 0.15) is 30.1 Å². The van der Waals surface area contributed by atoms with Crippen molar-refractivity contribution in [1.29, 1.82) is 0 Å². The Labute approximate surface area is 132 Å². The Bertz CT molecular complexity index is 775. The molecule has 0 radical (unpaired) electrons. The standard InChI is InChI=1S/C16H18BrN3O/c1-3-11-8-12(20(2)19-11)9-14(18)15-7-10-5-4-6-13(17)16(10)21-15/h4-8,14H,3,9,18H2,1-2H3. The Morgan fingerprint density at radius 1 is 1.38 bits per heavy atom. The van der Waals surface area contributed by atoms with Gasteiger partial charge in [-0.15, -0.1) is 0 Å². The van der Waals surface area contributed by atoms with E-state index in [9.17, 15) is 0 Å². The van der Waals surface area contributed by atoms with E-state index < -0.39 is 0 Å². The van der Waals surface area contributed by atoms with Gasteiger partial charge in [-0.1, -0.05) is 19.1 Å². The quantitative estimate of drug-likeness (QED) is 0.782. The third-order valence-corrected chi connectivity index (χ3v) is 4.32. The summed E-state index contributed by atoms with van der Waals surface area (Å²) >= 11 is 3.50. The van der Waals surface area contributed by atoms with Crippen LogP contribution in [0.25, 0.3) is 11.0 Å². The van der Waals surface area contributed by atoms with Crippen LogP contribution < -0.4 is 5.73 Å². The number of aryl methyl sites for hydroxylation is 2. The Hall–Kier alpha value is -1.59. The number of aromatic nitrogens is 2. The summed E-state index contributed by atoms with van der Waals surface area (Å²) in [4.78, 5) is 0. The predicted molar refractivity (Wildman–Crippen MR) is 87.1 cm³/mol. The van der Waals surface area contributed by atoms with Crippen LogP contribution in [-0.4, -0.2) is 9.78 Å². The van der Waals surface area contributed by atoms with Crippen LogP contribution in [0.4, 0.5) is 0 Å². The van der Waals surface area contributed by atoms with E-state index in [1.807, 2.05) is 36.0 Å². The number of rotatable bonds is 4. The van der Waals surface area contributed by atoms with Crippen LogP contribution in [0, 0.1) is 0 Å². The lowest BCUT2D eigenvalue weighted by Crippen LogP contribution is -2.14. The minimum Gasteiger partial charge on any atom is -0.458 e.